The van der Waals surface area contributed by atoms with Gasteiger partial charge in [-0.25, -0.2) is 4.98 Å². The smallest absolute Gasteiger partial charge is 0.341 e. The summed E-state index contributed by atoms with van der Waals surface area (Å²) < 4.78 is 41.0. The van der Waals surface area contributed by atoms with Crippen LogP contribution < -0.4 is 4.90 Å². The minimum Gasteiger partial charge on any atom is -0.341 e. The molecule has 1 aromatic carbocycles. The lowest BCUT2D eigenvalue weighted by atomic mass is 10.1. The monoisotopic (exact) mass is 486 g/mol. The van der Waals surface area contributed by atoms with Gasteiger partial charge in [0.15, 0.2) is 0 Å². The highest BCUT2D eigenvalue weighted by atomic mass is 35.5. The standard InChI is InChI=1S/C23H18ClF3N6O/c1-12-11-32(15-5-6-17(18(24)8-15)23(25,26)27)22(34)20-16(10-29-33(12)20)19-13(2)30-21(31-19)14-4-3-7-28-9-14/h3-10,12H,11H2,1-2H3,(H,30,31). The molecule has 1 atom stereocenters. The molecule has 7 nitrogen and oxygen atoms in total. The highest BCUT2D eigenvalue weighted by Crippen LogP contribution is 2.39. The van der Waals surface area contributed by atoms with Gasteiger partial charge in [-0.05, 0) is 44.2 Å². The number of amides is 1. The largest absolute Gasteiger partial charge is 0.417 e. The van der Waals surface area contributed by atoms with Crippen LogP contribution in [-0.4, -0.2) is 37.2 Å². The highest BCUT2D eigenvalue weighted by molar-refractivity contribution is 6.31. The molecule has 11 heteroatoms. The molecule has 0 saturated carbocycles. The van der Waals surface area contributed by atoms with Gasteiger partial charge in [-0.2, -0.15) is 18.3 Å². The van der Waals surface area contributed by atoms with Crippen LogP contribution in [0.4, 0.5) is 18.9 Å². The number of hydrogen-bond acceptors (Lipinski definition) is 4. The number of rotatable bonds is 3. The maximum Gasteiger partial charge on any atom is 0.417 e. The summed E-state index contributed by atoms with van der Waals surface area (Å²) in [5, 5.41) is 3.94. The van der Waals surface area contributed by atoms with Crippen LogP contribution in [0.5, 0.6) is 0 Å². The molecule has 174 valence electrons. The molecule has 1 aliphatic heterocycles. The molecular weight excluding hydrogens is 469 g/mol. The second kappa shape index (κ2) is 7.98. The number of nitrogens with zero attached hydrogens (tertiary/aromatic N) is 5. The predicted octanol–water partition coefficient (Wildman–Crippen LogP) is 5.54. The Morgan fingerprint density at radius 3 is 2.68 bits per heavy atom. The van der Waals surface area contributed by atoms with E-state index in [1.807, 2.05) is 19.9 Å². The summed E-state index contributed by atoms with van der Waals surface area (Å²) in [6, 6.07) is 6.76. The number of carbonyl (C=O) groups excluding carboxylic acids is 1. The third kappa shape index (κ3) is 3.63. The Labute approximate surface area is 197 Å². The average Bonchev–Trinajstić information content (AvgIpc) is 3.40. The van der Waals surface area contributed by atoms with Crippen LogP contribution in [0.1, 0.15) is 34.7 Å². The molecule has 4 aromatic rings. The Morgan fingerprint density at radius 2 is 2.00 bits per heavy atom. The van der Waals surface area contributed by atoms with Gasteiger partial charge in [0.1, 0.15) is 11.5 Å². The van der Waals surface area contributed by atoms with E-state index in [-0.39, 0.29) is 18.3 Å². The number of hydrogen-bond donors (Lipinski definition) is 1. The number of H-pyrrole nitrogens is 1. The van der Waals surface area contributed by atoms with Crippen molar-refractivity contribution in [2.45, 2.75) is 26.1 Å². The number of imidazole rings is 1. The Balaban J connectivity index is 1.56. The van der Waals surface area contributed by atoms with Gasteiger partial charge < -0.3 is 9.88 Å². The number of nitrogens with one attached hydrogen (secondary N) is 1. The van der Waals surface area contributed by atoms with Crippen molar-refractivity contribution in [2.24, 2.45) is 0 Å². The van der Waals surface area contributed by atoms with Gasteiger partial charge in [-0.3, -0.25) is 14.5 Å². The lowest BCUT2D eigenvalue weighted by Gasteiger charge is -2.32. The third-order valence-electron chi connectivity index (χ3n) is 5.75. The summed E-state index contributed by atoms with van der Waals surface area (Å²) in [4.78, 5) is 27.0. The van der Waals surface area contributed by atoms with E-state index >= 15 is 0 Å². The van der Waals surface area contributed by atoms with Crippen molar-refractivity contribution in [3.8, 4) is 22.6 Å². The predicted molar refractivity (Wildman–Crippen MR) is 121 cm³/mol. The average molecular weight is 487 g/mol. The van der Waals surface area contributed by atoms with Crippen molar-refractivity contribution in [1.29, 1.82) is 0 Å². The summed E-state index contributed by atoms with van der Waals surface area (Å²) in [7, 11) is 0. The molecule has 0 aliphatic carbocycles. The summed E-state index contributed by atoms with van der Waals surface area (Å²) >= 11 is 5.91. The number of anilines is 1. The fraction of sp³-hybridized carbons (Fsp3) is 0.217. The molecule has 1 amide bonds. The molecule has 0 fully saturated rings. The molecule has 4 heterocycles. The number of aromatic amines is 1. The molecule has 1 N–H and O–H groups in total. The van der Waals surface area contributed by atoms with Crippen LogP contribution in [0.2, 0.25) is 5.02 Å². The van der Waals surface area contributed by atoms with Gasteiger partial charge in [0.25, 0.3) is 5.91 Å². The molecule has 3 aromatic heterocycles. The second-order valence-electron chi connectivity index (χ2n) is 8.08. The van der Waals surface area contributed by atoms with E-state index in [0.717, 1.165) is 17.3 Å². The van der Waals surface area contributed by atoms with Crippen LogP contribution in [-0.2, 0) is 6.18 Å². The first-order valence-corrected chi connectivity index (χ1v) is 10.8. The van der Waals surface area contributed by atoms with Crippen molar-refractivity contribution in [3.05, 3.63) is 70.9 Å². The Hall–Kier alpha value is -3.66. The van der Waals surface area contributed by atoms with Crippen molar-refractivity contribution >= 4 is 23.2 Å². The fourth-order valence-electron chi connectivity index (χ4n) is 4.12. The van der Waals surface area contributed by atoms with Gasteiger partial charge in [-0.1, -0.05) is 11.6 Å². The van der Waals surface area contributed by atoms with Gasteiger partial charge in [0.05, 0.1) is 34.1 Å². The number of benzene rings is 1. The molecule has 0 spiro atoms. The van der Waals surface area contributed by atoms with E-state index in [0.29, 0.717) is 22.8 Å². The lowest BCUT2D eigenvalue weighted by molar-refractivity contribution is -0.137. The third-order valence-corrected chi connectivity index (χ3v) is 6.06. The van der Waals surface area contributed by atoms with Crippen molar-refractivity contribution in [2.75, 3.05) is 11.4 Å². The number of halogens is 4. The zero-order valence-corrected chi connectivity index (χ0v) is 18.8. The van der Waals surface area contributed by atoms with Crippen LogP contribution in [0.3, 0.4) is 0 Å². The molecule has 0 bridgehead atoms. The Bertz CT molecular complexity index is 1400. The minimum atomic E-state index is -4.58. The van der Waals surface area contributed by atoms with Crippen molar-refractivity contribution in [1.82, 2.24) is 24.7 Å². The maximum absolute atomic E-state index is 13.6. The maximum atomic E-state index is 13.6. The van der Waals surface area contributed by atoms with Crippen LogP contribution in [0.25, 0.3) is 22.6 Å². The summed E-state index contributed by atoms with van der Waals surface area (Å²) in [5.41, 5.74) is 2.27. The van der Waals surface area contributed by atoms with Crippen LogP contribution in [0.15, 0.2) is 48.9 Å². The lowest BCUT2D eigenvalue weighted by Crippen LogP contribution is -2.42. The van der Waals surface area contributed by atoms with Gasteiger partial charge in [-0.15, -0.1) is 0 Å². The molecule has 5 rings (SSSR count). The number of alkyl halides is 3. The zero-order valence-electron chi connectivity index (χ0n) is 18.1. The van der Waals surface area contributed by atoms with Gasteiger partial charge in [0.2, 0.25) is 0 Å². The molecule has 0 radical (unpaired) electrons. The SMILES string of the molecule is Cc1[nH]c(-c2cccnc2)nc1-c1cnn2c1C(=O)N(c1ccc(C(F)(F)F)c(Cl)c1)CC2C. The van der Waals surface area contributed by atoms with E-state index in [4.69, 9.17) is 11.6 Å². The second-order valence-corrected chi connectivity index (χ2v) is 8.49. The number of aryl methyl sites for hydroxylation is 1. The van der Waals surface area contributed by atoms with E-state index in [1.54, 1.807) is 29.3 Å². The Morgan fingerprint density at radius 1 is 1.21 bits per heavy atom. The minimum absolute atomic E-state index is 0.223. The van der Waals surface area contributed by atoms with Gasteiger partial charge >= 0.3 is 6.18 Å². The zero-order chi connectivity index (χ0) is 24.2. The van der Waals surface area contributed by atoms with Crippen molar-refractivity contribution in [3.63, 3.8) is 0 Å². The molecule has 1 aliphatic rings. The number of aromatic nitrogens is 5. The molecule has 0 saturated heterocycles. The quantitative estimate of drug-likeness (QED) is 0.412. The number of carbonyl (C=O) groups is 1. The summed E-state index contributed by atoms with van der Waals surface area (Å²) in [6.07, 6.45) is 0.350. The topological polar surface area (TPSA) is 79.7 Å². The fourth-order valence-corrected chi connectivity index (χ4v) is 4.40. The van der Waals surface area contributed by atoms with Crippen molar-refractivity contribution < 1.29 is 18.0 Å². The van der Waals surface area contributed by atoms with E-state index in [2.05, 4.69) is 20.1 Å². The summed E-state index contributed by atoms with van der Waals surface area (Å²) in [5.74, 6) is 0.204. The molecule has 34 heavy (non-hydrogen) atoms. The van der Waals surface area contributed by atoms with E-state index in [9.17, 15) is 18.0 Å². The van der Waals surface area contributed by atoms with Crippen LogP contribution in [0, 0.1) is 6.92 Å². The molecular formula is C23H18ClF3N6O. The first kappa shape index (κ1) is 22.1. The first-order valence-electron chi connectivity index (χ1n) is 10.4. The van der Waals surface area contributed by atoms with Crippen LogP contribution >= 0.6 is 11.6 Å². The van der Waals surface area contributed by atoms with E-state index < -0.39 is 22.7 Å². The number of pyridine rings is 1. The van der Waals surface area contributed by atoms with Gasteiger partial charge in [0, 0.05) is 35.9 Å². The highest BCUT2D eigenvalue weighted by Gasteiger charge is 2.37. The normalized spacial score (nSPS) is 16.1. The summed E-state index contributed by atoms with van der Waals surface area (Å²) in [6.45, 7) is 3.95. The molecule has 1 unspecified atom stereocenters. The number of fused-ring (bicyclic) bond motifs is 1. The first-order chi connectivity index (χ1) is 16.1. The Kier molecular flexibility index (Phi) is 5.20. The van der Waals surface area contributed by atoms with E-state index in [1.165, 1.54) is 17.0 Å².